The zero-order valence-corrected chi connectivity index (χ0v) is 12.5. The van der Waals surface area contributed by atoms with Crippen LogP contribution in [0.5, 0.6) is 0 Å². The quantitative estimate of drug-likeness (QED) is 0.785. The van der Waals surface area contributed by atoms with Crippen LogP contribution in [0.25, 0.3) is 0 Å². The molecule has 1 saturated carbocycles. The van der Waals surface area contributed by atoms with Gasteiger partial charge in [-0.3, -0.25) is 4.79 Å². The van der Waals surface area contributed by atoms with Gasteiger partial charge < -0.3 is 4.90 Å². The summed E-state index contributed by atoms with van der Waals surface area (Å²) >= 11 is 11.7. The van der Waals surface area contributed by atoms with Crippen LogP contribution in [-0.2, 0) is 0 Å². The molecule has 0 saturated heterocycles. The van der Waals surface area contributed by atoms with E-state index < -0.39 is 0 Å². The summed E-state index contributed by atoms with van der Waals surface area (Å²) in [5, 5.41) is 0.520. The molecule has 0 spiro atoms. The average molecular weight is 301 g/mol. The monoisotopic (exact) mass is 300 g/mol. The summed E-state index contributed by atoms with van der Waals surface area (Å²) < 4.78 is 0. The second-order valence-electron chi connectivity index (χ2n) is 4.88. The number of rotatable bonds is 3. The van der Waals surface area contributed by atoms with Gasteiger partial charge in [0.2, 0.25) is 0 Å². The highest BCUT2D eigenvalue weighted by atomic mass is 35.5. The molecule has 0 aromatic carbocycles. The smallest absolute Gasteiger partial charge is 0.254 e. The highest BCUT2D eigenvalue weighted by Gasteiger charge is 2.25. The first-order valence-electron chi connectivity index (χ1n) is 6.76. The minimum Gasteiger partial charge on any atom is -0.336 e. The molecular weight excluding hydrogens is 283 g/mol. The van der Waals surface area contributed by atoms with E-state index >= 15 is 0 Å². The van der Waals surface area contributed by atoms with Gasteiger partial charge in [0.15, 0.2) is 0 Å². The molecule has 1 amide bonds. The predicted octanol–water partition coefficient (Wildman–Crippen LogP) is 4.18. The molecule has 1 heterocycles. The Labute approximate surface area is 123 Å². The third-order valence-electron chi connectivity index (χ3n) is 3.63. The first-order chi connectivity index (χ1) is 9.11. The van der Waals surface area contributed by atoms with Crippen LogP contribution in [0.1, 0.15) is 49.4 Å². The Hall–Kier alpha value is -0.800. The molecule has 2 rings (SSSR count). The Morgan fingerprint density at radius 1 is 1.26 bits per heavy atom. The lowest BCUT2D eigenvalue weighted by atomic mass is 9.94. The lowest BCUT2D eigenvalue weighted by molar-refractivity contribution is 0.0648. The van der Waals surface area contributed by atoms with Crippen molar-refractivity contribution in [3.8, 4) is 0 Å². The second kappa shape index (κ2) is 6.58. The number of pyridine rings is 1. The van der Waals surface area contributed by atoms with E-state index in [2.05, 4.69) is 4.98 Å². The fraction of sp³-hybridized carbons (Fsp3) is 0.571. The van der Waals surface area contributed by atoms with E-state index in [0.29, 0.717) is 18.2 Å². The molecular formula is C14H18Cl2N2O. The molecule has 0 atom stereocenters. The highest BCUT2D eigenvalue weighted by molar-refractivity contribution is 6.33. The SMILES string of the molecule is CCN(C(=O)c1cc(Cl)nc(Cl)c1)C1CCCCC1. The van der Waals surface area contributed by atoms with Crippen molar-refractivity contribution in [1.82, 2.24) is 9.88 Å². The zero-order valence-electron chi connectivity index (χ0n) is 11.0. The Morgan fingerprint density at radius 3 is 2.37 bits per heavy atom. The van der Waals surface area contributed by atoms with Gasteiger partial charge in [-0.15, -0.1) is 0 Å². The summed E-state index contributed by atoms with van der Waals surface area (Å²) in [6, 6.07) is 3.51. The third-order valence-corrected chi connectivity index (χ3v) is 4.01. The van der Waals surface area contributed by atoms with E-state index in [0.717, 1.165) is 12.8 Å². The summed E-state index contributed by atoms with van der Waals surface area (Å²) in [4.78, 5) is 18.4. The second-order valence-corrected chi connectivity index (χ2v) is 5.66. The first-order valence-corrected chi connectivity index (χ1v) is 7.51. The highest BCUT2D eigenvalue weighted by Crippen LogP contribution is 2.25. The minimum atomic E-state index is 0.000556. The van der Waals surface area contributed by atoms with E-state index in [1.807, 2.05) is 11.8 Å². The van der Waals surface area contributed by atoms with E-state index in [1.165, 1.54) is 19.3 Å². The standard InChI is InChI=1S/C14H18Cl2N2O/c1-2-18(11-6-4-3-5-7-11)14(19)10-8-12(15)17-13(16)9-10/h8-9,11H,2-7H2,1H3. The number of nitrogens with zero attached hydrogens (tertiary/aromatic N) is 2. The Bertz CT molecular complexity index is 439. The summed E-state index contributed by atoms with van der Waals surface area (Å²) in [5.41, 5.74) is 0.525. The topological polar surface area (TPSA) is 33.2 Å². The lowest BCUT2D eigenvalue weighted by Gasteiger charge is -2.33. The van der Waals surface area contributed by atoms with Gasteiger partial charge in [0, 0.05) is 18.2 Å². The first kappa shape index (κ1) is 14.6. The van der Waals surface area contributed by atoms with Crippen LogP contribution < -0.4 is 0 Å². The van der Waals surface area contributed by atoms with Crippen LogP contribution in [0.4, 0.5) is 0 Å². The summed E-state index contributed by atoms with van der Waals surface area (Å²) in [6.07, 6.45) is 5.85. The van der Waals surface area contributed by atoms with Crippen LogP contribution >= 0.6 is 23.2 Å². The normalized spacial score (nSPS) is 16.4. The van der Waals surface area contributed by atoms with Crippen molar-refractivity contribution in [3.63, 3.8) is 0 Å². The number of hydrogen-bond acceptors (Lipinski definition) is 2. The molecule has 1 fully saturated rings. The van der Waals surface area contributed by atoms with Gasteiger partial charge in [-0.2, -0.15) is 0 Å². The molecule has 19 heavy (non-hydrogen) atoms. The van der Waals surface area contributed by atoms with Crippen LogP contribution in [0.3, 0.4) is 0 Å². The van der Waals surface area contributed by atoms with Crippen molar-refractivity contribution in [3.05, 3.63) is 28.0 Å². The fourth-order valence-corrected chi connectivity index (χ4v) is 3.17. The molecule has 1 aliphatic rings. The summed E-state index contributed by atoms with van der Waals surface area (Å²) in [7, 11) is 0. The molecule has 0 aliphatic heterocycles. The molecule has 0 unspecified atom stereocenters. The van der Waals surface area contributed by atoms with Gasteiger partial charge in [-0.25, -0.2) is 4.98 Å². The third kappa shape index (κ3) is 3.61. The van der Waals surface area contributed by atoms with Gasteiger partial charge in [0.05, 0.1) is 0 Å². The molecule has 5 heteroatoms. The number of aromatic nitrogens is 1. The van der Waals surface area contributed by atoms with Crippen LogP contribution in [0.2, 0.25) is 10.3 Å². The van der Waals surface area contributed by atoms with E-state index in [1.54, 1.807) is 12.1 Å². The number of carbonyl (C=O) groups excluding carboxylic acids is 1. The fourth-order valence-electron chi connectivity index (χ4n) is 2.71. The minimum absolute atomic E-state index is 0.000556. The predicted molar refractivity (Wildman–Crippen MR) is 77.8 cm³/mol. The Kier molecular flexibility index (Phi) is 5.06. The molecule has 104 valence electrons. The maximum Gasteiger partial charge on any atom is 0.254 e. The van der Waals surface area contributed by atoms with Crippen molar-refractivity contribution in [2.45, 2.75) is 45.1 Å². The van der Waals surface area contributed by atoms with Crippen LogP contribution in [0.15, 0.2) is 12.1 Å². The van der Waals surface area contributed by atoms with Crippen molar-refractivity contribution in [2.75, 3.05) is 6.54 Å². The lowest BCUT2D eigenvalue weighted by Crippen LogP contribution is -2.41. The van der Waals surface area contributed by atoms with Gasteiger partial charge in [0.25, 0.3) is 5.91 Å². The van der Waals surface area contributed by atoms with Crippen molar-refractivity contribution < 1.29 is 4.79 Å². The number of hydrogen-bond donors (Lipinski definition) is 0. The number of halogens is 2. The summed E-state index contributed by atoms with van der Waals surface area (Å²) in [5.74, 6) is 0.000556. The molecule has 0 N–H and O–H groups in total. The molecule has 0 bridgehead atoms. The zero-order chi connectivity index (χ0) is 13.8. The number of amides is 1. The maximum absolute atomic E-state index is 12.6. The van der Waals surface area contributed by atoms with Crippen LogP contribution in [0, 0.1) is 0 Å². The largest absolute Gasteiger partial charge is 0.336 e. The molecule has 1 aromatic heterocycles. The van der Waals surface area contributed by atoms with E-state index in [4.69, 9.17) is 23.2 Å². The van der Waals surface area contributed by atoms with E-state index in [-0.39, 0.29) is 16.2 Å². The molecule has 1 aromatic rings. The van der Waals surface area contributed by atoms with Gasteiger partial charge >= 0.3 is 0 Å². The van der Waals surface area contributed by atoms with Gasteiger partial charge in [0.1, 0.15) is 10.3 Å². The average Bonchev–Trinajstić information content (AvgIpc) is 2.39. The molecule has 0 radical (unpaired) electrons. The molecule has 1 aliphatic carbocycles. The van der Waals surface area contributed by atoms with Gasteiger partial charge in [-0.1, -0.05) is 42.5 Å². The number of carbonyl (C=O) groups is 1. The van der Waals surface area contributed by atoms with E-state index in [9.17, 15) is 4.79 Å². The van der Waals surface area contributed by atoms with Crippen LogP contribution in [-0.4, -0.2) is 28.4 Å². The Morgan fingerprint density at radius 2 is 1.84 bits per heavy atom. The Balaban J connectivity index is 2.19. The van der Waals surface area contributed by atoms with Crippen molar-refractivity contribution in [2.24, 2.45) is 0 Å². The maximum atomic E-state index is 12.6. The van der Waals surface area contributed by atoms with Crippen molar-refractivity contribution in [1.29, 1.82) is 0 Å². The summed E-state index contributed by atoms with van der Waals surface area (Å²) in [6.45, 7) is 2.72. The van der Waals surface area contributed by atoms with Gasteiger partial charge in [-0.05, 0) is 31.9 Å². The van der Waals surface area contributed by atoms with Crippen molar-refractivity contribution >= 4 is 29.1 Å². The molecule has 3 nitrogen and oxygen atoms in total.